The van der Waals surface area contributed by atoms with Gasteiger partial charge < -0.3 is 5.73 Å². The Bertz CT molecular complexity index is 647. The number of nitriles is 1. The SMILES string of the molecule is Cc1c(N)cccc1SCc1cc(F)cc(C#N)c1. The topological polar surface area (TPSA) is 49.8 Å². The highest BCUT2D eigenvalue weighted by molar-refractivity contribution is 7.98. The van der Waals surface area contributed by atoms with E-state index in [1.54, 1.807) is 17.8 Å². The predicted octanol–water partition coefficient (Wildman–Crippen LogP) is 3.88. The summed E-state index contributed by atoms with van der Waals surface area (Å²) in [5.41, 5.74) is 8.77. The molecule has 0 amide bonds. The summed E-state index contributed by atoms with van der Waals surface area (Å²) in [7, 11) is 0. The highest BCUT2D eigenvalue weighted by Gasteiger charge is 2.05. The van der Waals surface area contributed by atoms with E-state index < -0.39 is 0 Å². The molecule has 2 nitrogen and oxygen atoms in total. The fraction of sp³-hybridized carbons (Fsp3) is 0.133. The van der Waals surface area contributed by atoms with Crippen LogP contribution < -0.4 is 5.73 Å². The minimum atomic E-state index is -0.376. The second kappa shape index (κ2) is 5.77. The second-order valence-electron chi connectivity index (χ2n) is 4.22. The zero-order valence-electron chi connectivity index (χ0n) is 10.5. The van der Waals surface area contributed by atoms with Crippen LogP contribution in [0.15, 0.2) is 41.3 Å². The second-order valence-corrected chi connectivity index (χ2v) is 5.24. The third kappa shape index (κ3) is 3.27. The molecule has 0 spiro atoms. The summed E-state index contributed by atoms with van der Waals surface area (Å²) in [6, 6.07) is 12.1. The average molecular weight is 272 g/mol. The Hall–Kier alpha value is -1.99. The molecule has 0 fully saturated rings. The van der Waals surface area contributed by atoms with Gasteiger partial charge in [0.1, 0.15) is 5.82 Å². The lowest BCUT2D eigenvalue weighted by Gasteiger charge is -2.08. The number of nitrogens with zero attached hydrogens (tertiary/aromatic N) is 1. The molecule has 2 N–H and O–H groups in total. The van der Waals surface area contributed by atoms with Crippen LogP contribution in [0.3, 0.4) is 0 Å². The first kappa shape index (κ1) is 13.4. The maximum Gasteiger partial charge on any atom is 0.124 e. The van der Waals surface area contributed by atoms with Crippen molar-refractivity contribution < 1.29 is 4.39 Å². The van der Waals surface area contributed by atoms with Crippen LogP contribution >= 0.6 is 11.8 Å². The van der Waals surface area contributed by atoms with E-state index >= 15 is 0 Å². The van der Waals surface area contributed by atoms with Gasteiger partial charge in [-0.05, 0) is 48.4 Å². The number of hydrogen-bond acceptors (Lipinski definition) is 3. The minimum Gasteiger partial charge on any atom is -0.398 e. The Labute approximate surface area is 116 Å². The molecule has 2 aromatic rings. The Morgan fingerprint density at radius 3 is 2.84 bits per heavy atom. The number of nitrogens with two attached hydrogens (primary N) is 1. The molecule has 4 heteroatoms. The van der Waals surface area contributed by atoms with Crippen molar-refractivity contribution in [2.75, 3.05) is 5.73 Å². The minimum absolute atomic E-state index is 0.347. The fourth-order valence-corrected chi connectivity index (χ4v) is 2.75. The molecule has 0 aliphatic carbocycles. The molecule has 0 bridgehead atoms. The lowest BCUT2D eigenvalue weighted by molar-refractivity contribution is 0.626. The highest BCUT2D eigenvalue weighted by Crippen LogP contribution is 2.29. The van der Waals surface area contributed by atoms with Gasteiger partial charge in [-0.25, -0.2) is 4.39 Å². The van der Waals surface area contributed by atoms with Crippen LogP contribution in [0.1, 0.15) is 16.7 Å². The molecular weight excluding hydrogens is 259 g/mol. The van der Waals surface area contributed by atoms with Gasteiger partial charge in [0.2, 0.25) is 0 Å². The van der Waals surface area contributed by atoms with E-state index in [9.17, 15) is 4.39 Å². The summed E-state index contributed by atoms with van der Waals surface area (Å²) < 4.78 is 13.3. The van der Waals surface area contributed by atoms with E-state index in [-0.39, 0.29) is 5.82 Å². The largest absolute Gasteiger partial charge is 0.398 e. The molecular formula is C15H13FN2S. The van der Waals surface area contributed by atoms with Crippen molar-refractivity contribution in [1.82, 2.24) is 0 Å². The number of rotatable bonds is 3. The summed E-state index contributed by atoms with van der Waals surface area (Å²) in [5.74, 6) is 0.232. The number of halogens is 1. The van der Waals surface area contributed by atoms with Crippen LogP contribution in [-0.4, -0.2) is 0 Å². The number of benzene rings is 2. The van der Waals surface area contributed by atoms with Crippen molar-refractivity contribution in [2.45, 2.75) is 17.6 Å². The van der Waals surface area contributed by atoms with Crippen LogP contribution in [0.25, 0.3) is 0 Å². The van der Waals surface area contributed by atoms with Gasteiger partial charge in [-0.1, -0.05) is 6.07 Å². The molecule has 2 aromatic carbocycles. The maximum atomic E-state index is 13.3. The Morgan fingerprint density at radius 2 is 2.11 bits per heavy atom. The summed E-state index contributed by atoms with van der Waals surface area (Å²) in [4.78, 5) is 1.07. The third-order valence-corrected chi connectivity index (χ3v) is 4.04. The lowest BCUT2D eigenvalue weighted by Crippen LogP contribution is -1.92. The average Bonchev–Trinajstić information content (AvgIpc) is 2.40. The Kier molecular flexibility index (Phi) is 4.08. The third-order valence-electron chi connectivity index (χ3n) is 2.81. The zero-order valence-corrected chi connectivity index (χ0v) is 11.3. The first-order valence-corrected chi connectivity index (χ1v) is 6.76. The van der Waals surface area contributed by atoms with Gasteiger partial charge in [0.05, 0.1) is 11.6 Å². The van der Waals surface area contributed by atoms with Gasteiger partial charge in [0.25, 0.3) is 0 Å². The molecule has 0 aliphatic rings. The van der Waals surface area contributed by atoms with Crippen LogP contribution in [0.4, 0.5) is 10.1 Å². The highest BCUT2D eigenvalue weighted by atomic mass is 32.2. The monoisotopic (exact) mass is 272 g/mol. The van der Waals surface area contributed by atoms with Gasteiger partial charge in [0.15, 0.2) is 0 Å². The van der Waals surface area contributed by atoms with Crippen molar-refractivity contribution in [2.24, 2.45) is 0 Å². The van der Waals surface area contributed by atoms with Crippen molar-refractivity contribution in [3.63, 3.8) is 0 Å². The molecule has 0 saturated heterocycles. The normalized spacial score (nSPS) is 10.2. The van der Waals surface area contributed by atoms with E-state index in [1.165, 1.54) is 12.1 Å². The molecule has 0 heterocycles. The molecule has 19 heavy (non-hydrogen) atoms. The van der Waals surface area contributed by atoms with Crippen molar-refractivity contribution in [3.8, 4) is 6.07 Å². The van der Waals surface area contributed by atoms with E-state index in [0.29, 0.717) is 11.3 Å². The van der Waals surface area contributed by atoms with E-state index in [4.69, 9.17) is 11.0 Å². The molecule has 0 saturated carbocycles. The van der Waals surface area contributed by atoms with Gasteiger partial charge >= 0.3 is 0 Å². The van der Waals surface area contributed by atoms with Crippen LogP contribution in [0, 0.1) is 24.1 Å². The van der Waals surface area contributed by atoms with E-state index in [2.05, 4.69) is 0 Å². The van der Waals surface area contributed by atoms with Gasteiger partial charge in [-0.2, -0.15) is 5.26 Å². The molecule has 0 aromatic heterocycles. The zero-order chi connectivity index (χ0) is 13.8. The van der Waals surface area contributed by atoms with Crippen LogP contribution in [-0.2, 0) is 5.75 Å². The molecule has 0 radical (unpaired) electrons. The number of nitrogen functional groups attached to an aromatic ring is 1. The van der Waals surface area contributed by atoms with E-state index in [1.807, 2.05) is 31.2 Å². The predicted molar refractivity (Wildman–Crippen MR) is 76.3 cm³/mol. The first-order valence-electron chi connectivity index (χ1n) is 5.77. The van der Waals surface area contributed by atoms with Crippen molar-refractivity contribution >= 4 is 17.4 Å². The maximum absolute atomic E-state index is 13.3. The summed E-state index contributed by atoms with van der Waals surface area (Å²) in [6.07, 6.45) is 0. The van der Waals surface area contributed by atoms with Gasteiger partial charge in [0, 0.05) is 16.3 Å². The van der Waals surface area contributed by atoms with Crippen molar-refractivity contribution in [3.05, 3.63) is 58.9 Å². The molecule has 2 rings (SSSR count). The first-order chi connectivity index (χ1) is 9.10. The Morgan fingerprint density at radius 1 is 1.32 bits per heavy atom. The summed E-state index contributed by atoms with van der Waals surface area (Å²) in [6.45, 7) is 1.96. The number of anilines is 1. The smallest absolute Gasteiger partial charge is 0.124 e. The molecule has 96 valence electrons. The van der Waals surface area contributed by atoms with E-state index in [0.717, 1.165) is 21.7 Å². The molecule has 0 unspecified atom stereocenters. The molecule has 0 atom stereocenters. The van der Waals surface area contributed by atoms with Gasteiger partial charge in [-0.3, -0.25) is 0 Å². The lowest BCUT2D eigenvalue weighted by atomic mass is 10.1. The standard InChI is InChI=1S/C15H13FN2S/c1-10-14(18)3-2-4-15(10)19-9-12-5-11(8-17)6-13(16)7-12/h2-7H,9,18H2,1H3. The number of thioether (sulfide) groups is 1. The number of hydrogen-bond donors (Lipinski definition) is 1. The summed E-state index contributed by atoms with van der Waals surface area (Å²) in [5, 5.41) is 8.81. The van der Waals surface area contributed by atoms with Crippen LogP contribution in [0.2, 0.25) is 0 Å². The van der Waals surface area contributed by atoms with Crippen LogP contribution in [0.5, 0.6) is 0 Å². The molecule has 0 aliphatic heterocycles. The Balaban J connectivity index is 2.17. The van der Waals surface area contributed by atoms with Gasteiger partial charge in [-0.15, -0.1) is 11.8 Å². The van der Waals surface area contributed by atoms with Crippen molar-refractivity contribution in [1.29, 1.82) is 5.26 Å². The quantitative estimate of drug-likeness (QED) is 0.681. The fourth-order valence-electron chi connectivity index (χ4n) is 1.75. The summed E-state index contributed by atoms with van der Waals surface area (Å²) >= 11 is 1.59.